The van der Waals surface area contributed by atoms with E-state index in [0.717, 1.165) is 19.3 Å². The van der Waals surface area contributed by atoms with Gasteiger partial charge in [0.25, 0.3) is 0 Å². The minimum absolute atomic E-state index is 1.05. The van der Waals surface area contributed by atoms with E-state index in [-0.39, 0.29) is 0 Å². The molecule has 0 aromatic carbocycles. The lowest BCUT2D eigenvalue weighted by Crippen LogP contribution is -1.87. The number of hydrogen-bond donors (Lipinski definition) is 1. The number of aromatic amines is 1. The SMILES string of the molecule is CCCCc1nc(CC)c(CC)[nH]1. The van der Waals surface area contributed by atoms with E-state index in [4.69, 9.17) is 0 Å². The smallest absolute Gasteiger partial charge is 0.106 e. The molecule has 13 heavy (non-hydrogen) atoms. The summed E-state index contributed by atoms with van der Waals surface area (Å²) in [7, 11) is 0. The standard InChI is InChI=1S/C11H20N2/c1-4-7-8-11-12-9(5-2)10(6-3)13-11/h4-8H2,1-3H3,(H,12,13). The summed E-state index contributed by atoms with van der Waals surface area (Å²) in [6.45, 7) is 6.56. The maximum absolute atomic E-state index is 4.58. The van der Waals surface area contributed by atoms with E-state index < -0.39 is 0 Å². The number of imidazole rings is 1. The molecule has 1 rings (SSSR count). The summed E-state index contributed by atoms with van der Waals surface area (Å²) in [4.78, 5) is 7.99. The van der Waals surface area contributed by atoms with Gasteiger partial charge in [0.1, 0.15) is 5.82 Å². The second-order valence-electron chi connectivity index (χ2n) is 3.42. The molecule has 0 radical (unpaired) electrons. The van der Waals surface area contributed by atoms with Gasteiger partial charge in [0.15, 0.2) is 0 Å². The molecule has 0 aliphatic rings. The molecule has 0 aliphatic carbocycles. The molecule has 74 valence electrons. The minimum Gasteiger partial charge on any atom is -0.346 e. The van der Waals surface area contributed by atoms with Gasteiger partial charge in [0.05, 0.1) is 5.69 Å². The normalized spacial score (nSPS) is 10.7. The van der Waals surface area contributed by atoms with Crippen LogP contribution in [0.5, 0.6) is 0 Å². The predicted octanol–water partition coefficient (Wildman–Crippen LogP) is 2.88. The molecule has 0 unspecified atom stereocenters. The van der Waals surface area contributed by atoms with Crippen LogP contribution in [0.1, 0.15) is 50.8 Å². The first-order valence-corrected chi connectivity index (χ1v) is 5.38. The molecule has 1 heterocycles. The lowest BCUT2D eigenvalue weighted by molar-refractivity contribution is 0.758. The molecule has 0 saturated carbocycles. The van der Waals surface area contributed by atoms with Gasteiger partial charge in [-0.3, -0.25) is 0 Å². The fourth-order valence-electron chi connectivity index (χ4n) is 1.55. The zero-order chi connectivity index (χ0) is 9.68. The van der Waals surface area contributed by atoms with Crippen molar-refractivity contribution in [3.63, 3.8) is 0 Å². The van der Waals surface area contributed by atoms with E-state index in [9.17, 15) is 0 Å². The van der Waals surface area contributed by atoms with Crippen molar-refractivity contribution in [1.82, 2.24) is 9.97 Å². The number of aryl methyl sites for hydroxylation is 3. The molecular weight excluding hydrogens is 160 g/mol. The molecule has 0 atom stereocenters. The average Bonchev–Trinajstić information content (AvgIpc) is 2.57. The van der Waals surface area contributed by atoms with E-state index >= 15 is 0 Å². The monoisotopic (exact) mass is 180 g/mol. The van der Waals surface area contributed by atoms with Crippen LogP contribution in [-0.4, -0.2) is 9.97 Å². The Morgan fingerprint density at radius 1 is 1.15 bits per heavy atom. The van der Waals surface area contributed by atoms with Crippen molar-refractivity contribution >= 4 is 0 Å². The summed E-state index contributed by atoms with van der Waals surface area (Å²) in [5, 5.41) is 0. The first-order chi connectivity index (χ1) is 6.31. The van der Waals surface area contributed by atoms with Crippen molar-refractivity contribution in [3.05, 3.63) is 17.2 Å². The summed E-state index contributed by atoms with van der Waals surface area (Å²) in [6, 6.07) is 0. The Morgan fingerprint density at radius 2 is 1.92 bits per heavy atom. The Kier molecular flexibility index (Phi) is 4.00. The number of rotatable bonds is 5. The van der Waals surface area contributed by atoms with Crippen LogP contribution in [-0.2, 0) is 19.3 Å². The molecule has 0 bridgehead atoms. The van der Waals surface area contributed by atoms with E-state index in [1.807, 2.05) is 0 Å². The first kappa shape index (κ1) is 10.3. The summed E-state index contributed by atoms with van der Waals surface area (Å²) < 4.78 is 0. The molecule has 0 aliphatic heterocycles. The highest BCUT2D eigenvalue weighted by Crippen LogP contribution is 2.09. The number of unbranched alkanes of at least 4 members (excludes halogenated alkanes) is 1. The highest BCUT2D eigenvalue weighted by atomic mass is 14.9. The molecule has 1 aromatic rings. The van der Waals surface area contributed by atoms with Crippen molar-refractivity contribution in [3.8, 4) is 0 Å². The molecule has 0 amide bonds. The predicted molar refractivity (Wildman–Crippen MR) is 56.0 cm³/mol. The van der Waals surface area contributed by atoms with Gasteiger partial charge < -0.3 is 4.98 Å². The highest BCUT2D eigenvalue weighted by Gasteiger charge is 2.05. The second kappa shape index (κ2) is 5.05. The zero-order valence-electron chi connectivity index (χ0n) is 8.98. The zero-order valence-corrected chi connectivity index (χ0v) is 8.98. The lowest BCUT2D eigenvalue weighted by atomic mass is 10.2. The third-order valence-corrected chi connectivity index (χ3v) is 2.37. The second-order valence-corrected chi connectivity index (χ2v) is 3.42. The van der Waals surface area contributed by atoms with Crippen molar-refractivity contribution in [2.45, 2.75) is 52.9 Å². The quantitative estimate of drug-likeness (QED) is 0.741. The molecule has 2 heteroatoms. The molecule has 0 fully saturated rings. The fourth-order valence-corrected chi connectivity index (χ4v) is 1.55. The van der Waals surface area contributed by atoms with Crippen molar-refractivity contribution in [2.24, 2.45) is 0 Å². The Hall–Kier alpha value is -0.790. The number of hydrogen-bond acceptors (Lipinski definition) is 1. The van der Waals surface area contributed by atoms with Gasteiger partial charge in [-0.05, 0) is 19.3 Å². The van der Waals surface area contributed by atoms with Crippen molar-refractivity contribution in [1.29, 1.82) is 0 Å². The van der Waals surface area contributed by atoms with Gasteiger partial charge >= 0.3 is 0 Å². The Labute approximate surface area is 80.8 Å². The molecule has 0 saturated heterocycles. The Bertz CT molecular complexity index is 229. The van der Waals surface area contributed by atoms with E-state index in [2.05, 4.69) is 30.7 Å². The average molecular weight is 180 g/mol. The van der Waals surface area contributed by atoms with Crippen LogP contribution < -0.4 is 0 Å². The minimum atomic E-state index is 1.05. The van der Waals surface area contributed by atoms with E-state index in [1.54, 1.807) is 0 Å². The largest absolute Gasteiger partial charge is 0.346 e. The number of aromatic nitrogens is 2. The molecule has 0 spiro atoms. The molecular formula is C11H20N2. The Morgan fingerprint density at radius 3 is 2.38 bits per heavy atom. The van der Waals surface area contributed by atoms with E-state index in [0.29, 0.717) is 0 Å². The summed E-state index contributed by atoms with van der Waals surface area (Å²) >= 11 is 0. The number of nitrogens with zero attached hydrogens (tertiary/aromatic N) is 1. The van der Waals surface area contributed by atoms with Crippen LogP contribution in [0.3, 0.4) is 0 Å². The molecule has 1 N–H and O–H groups in total. The summed E-state index contributed by atoms with van der Waals surface area (Å²) in [6.07, 6.45) is 5.70. The van der Waals surface area contributed by atoms with E-state index in [1.165, 1.54) is 30.1 Å². The summed E-state index contributed by atoms with van der Waals surface area (Å²) in [5.74, 6) is 1.18. The first-order valence-electron chi connectivity index (χ1n) is 5.38. The number of nitrogens with one attached hydrogen (secondary N) is 1. The topological polar surface area (TPSA) is 28.7 Å². The lowest BCUT2D eigenvalue weighted by Gasteiger charge is -1.92. The Balaban J connectivity index is 2.68. The van der Waals surface area contributed by atoms with Crippen LogP contribution in [0, 0.1) is 0 Å². The van der Waals surface area contributed by atoms with Gasteiger partial charge in [-0.25, -0.2) is 4.98 Å². The van der Waals surface area contributed by atoms with Gasteiger partial charge in [-0.1, -0.05) is 27.2 Å². The van der Waals surface area contributed by atoms with Crippen LogP contribution in [0.15, 0.2) is 0 Å². The van der Waals surface area contributed by atoms with Gasteiger partial charge in [-0.15, -0.1) is 0 Å². The van der Waals surface area contributed by atoms with Crippen LogP contribution in [0.25, 0.3) is 0 Å². The maximum atomic E-state index is 4.58. The van der Waals surface area contributed by atoms with Crippen molar-refractivity contribution in [2.75, 3.05) is 0 Å². The van der Waals surface area contributed by atoms with Gasteiger partial charge in [0.2, 0.25) is 0 Å². The highest BCUT2D eigenvalue weighted by molar-refractivity contribution is 5.14. The third kappa shape index (κ3) is 2.58. The fraction of sp³-hybridized carbons (Fsp3) is 0.727. The van der Waals surface area contributed by atoms with Crippen molar-refractivity contribution < 1.29 is 0 Å². The molecule has 1 aromatic heterocycles. The van der Waals surface area contributed by atoms with Gasteiger partial charge in [0, 0.05) is 12.1 Å². The van der Waals surface area contributed by atoms with Crippen LogP contribution in [0.4, 0.5) is 0 Å². The van der Waals surface area contributed by atoms with Gasteiger partial charge in [-0.2, -0.15) is 0 Å². The van der Waals surface area contributed by atoms with Crippen LogP contribution in [0.2, 0.25) is 0 Å². The van der Waals surface area contributed by atoms with Crippen LogP contribution >= 0.6 is 0 Å². The maximum Gasteiger partial charge on any atom is 0.106 e. The number of H-pyrrole nitrogens is 1. The third-order valence-electron chi connectivity index (χ3n) is 2.37. The molecule has 2 nitrogen and oxygen atoms in total. The summed E-state index contributed by atoms with van der Waals surface area (Å²) in [5.41, 5.74) is 2.59.